The van der Waals surface area contributed by atoms with Gasteiger partial charge < -0.3 is 23.7 Å². The minimum absolute atomic E-state index is 0.0644. The van der Waals surface area contributed by atoms with Crippen molar-refractivity contribution < 1.29 is 36.9 Å². The molecule has 3 aromatic rings. The highest BCUT2D eigenvalue weighted by atomic mass is 35.5. The van der Waals surface area contributed by atoms with E-state index in [1.807, 2.05) is 0 Å². The van der Waals surface area contributed by atoms with Gasteiger partial charge in [0.15, 0.2) is 5.82 Å². The summed E-state index contributed by atoms with van der Waals surface area (Å²) in [6, 6.07) is 9.59. The van der Waals surface area contributed by atoms with Gasteiger partial charge in [0.05, 0.1) is 12.1 Å². The number of benzene rings is 1. The van der Waals surface area contributed by atoms with Crippen LogP contribution in [0.2, 0.25) is 5.02 Å². The van der Waals surface area contributed by atoms with Crippen molar-refractivity contribution in [1.29, 1.82) is 0 Å². The highest BCUT2D eigenvalue weighted by molar-refractivity contribution is 7.61. The minimum atomic E-state index is -2.88. The normalized spacial score (nSPS) is 10.3. The summed E-state index contributed by atoms with van der Waals surface area (Å²) >= 11 is 6.22. The van der Waals surface area contributed by atoms with Gasteiger partial charge in [0.1, 0.15) is 37.1 Å². The number of methoxy groups -OCH3 is 2. The maximum Gasteiger partial charge on any atom is 0.412 e. The van der Waals surface area contributed by atoms with Crippen molar-refractivity contribution in [2.45, 2.75) is 6.61 Å². The predicted molar refractivity (Wildman–Crippen MR) is 127 cm³/mol. The summed E-state index contributed by atoms with van der Waals surface area (Å²) in [6.07, 6.45) is 0.760. The number of anilines is 1. The molecule has 0 aliphatic carbocycles. The molecular formula is C21H20ClN5O8S. The highest BCUT2D eigenvalue weighted by Gasteiger charge is 2.21. The Bertz CT molecular complexity index is 1330. The average Bonchev–Trinajstić information content (AvgIpc) is 2.85. The summed E-state index contributed by atoms with van der Waals surface area (Å²) in [5.41, 5.74) is 0. The number of hydrogen-bond acceptors (Lipinski definition) is 12. The van der Waals surface area contributed by atoms with Crippen LogP contribution in [0.25, 0.3) is 0 Å². The van der Waals surface area contributed by atoms with E-state index < -0.39 is 16.6 Å². The van der Waals surface area contributed by atoms with Crippen molar-refractivity contribution in [3.05, 3.63) is 53.4 Å². The molecule has 15 heteroatoms. The first kappa shape index (κ1) is 26.6. The van der Waals surface area contributed by atoms with Crippen LogP contribution in [0, 0.1) is 0 Å². The van der Waals surface area contributed by atoms with E-state index in [0.29, 0.717) is 11.6 Å². The second kappa shape index (κ2) is 13.2. The predicted octanol–water partition coefficient (Wildman–Crippen LogP) is 3.79. The Morgan fingerprint density at radius 3 is 2.67 bits per heavy atom. The molecule has 0 atom stereocenters. The lowest BCUT2D eigenvalue weighted by Crippen LogP contribution is -2.18. The summed E-state index contributed by atoms with van der Waals surface area (Å²) in [6.45, 7) is -0.448. The van der Waals surface area contributed by atoms with Crippen molar-refractivity contribution in [1.82, 2.24) is 15.0 Å². The molecule has 3 rings (SSSR count). The van der Waals surface area contributed by atoms with Gasteiger partial charge in [-0.05, 0) is 24.3 Å². The van der Waals surface area contributed by atoms with E-state index in [2.05, 4.69) is 24.6 Å². The van der Waals surface area contributed by atoms with E-state index in [0.717, 1.165) is 0 Å². The fraction of sp³-hybridized carbons (Fsp3) is 0.238. The Morgan fingerprint density at radius 1 is 1.14 bits per heavy atom. The van der Waals surface area contributed by atoms with Gasteiger partial charge in [0, 0.05) is 19.4 Å². The number of aromatic nitrogens is 3. The molecule has 0 saturated carbocycles. The van der Waals surface area contributed by atoms with Gasteiger partial charge in [-0.1, -0.05) is 17.7 Å². The molecule has 0 bridgehead atoms. The van der Waals surface area contributed by atoms with E-state index in [-0.39, 0.29) is 53.9 Å². The van der Waals surface area contributed by atoms with Gasteiger partial charge >= 0.3 is 16.6 Å². The third-order valence-electron chi connectivity index (χ3n) is 4.10. The molecule has 0 unspecified atom stereocenters. The van der Waals surface area contributed by atoms with Crippen LogP contribution in [0.1, 0.15) is 5.82 Å². The Balaban J connectivity index is 1.83. The van der Waals surface area contributed by atoms with E-state index in [9.17, 15) is 13.2 Å². The van der Waals surface area contributed by atoms with E-state index in [1.54, 1.807) is 24.3 Å². The number of nitrogens with one attached hydrogen (secondary N) is 1. The molecule has 1 N–H and O–H groups in total. The van der Waals surface area contributed by atoms with Crippen molar-refractivity contribution in [3.63, 3.8) is 0 Å². The second-order valence-electron chi connectivity index (χ2n) is 6.56. The summed E-state index contributed by atoms with van der Waals surface area (Å²) in [5, 5.41) is 2.64. The van der Waals surface area contributed by atoms with Gasteiger partial charge in [0.25, 0.3) is 5.88 Å². The number of halogens is 1. The van der Waals surface area contributed by atoms with Gasteiger partial charge in [-0.15, -0.1) is 4.36 Å². The molecule has 0 fully saturated rings. The summed E-state index contributed by atoms with van der Waals surface area (Å²) in [5.74, 6) is 0.116. The number of nitrogens with zero attached hydrogens (tertiary/aromatic N) is 4. The van der Waals surface area contributed by atoms with Gasteiger partial charge in [0.2, 0.25) is 11.6 Å². The number of carbonyl (C=O) groups is 1. The maximum atomic E-state index is 11.9. The van der Waals surface area contributed by atoms with Crippen LogP contribution in [-0.4, -0.2) is 56.9 Å². The molecule has 0 radical (unpaired) electrons. The second-order valence-corrected chi connectivity index (χ2v) is 7.59. The lowest BCUT2D eigenvalue weighted by molar-refractivity contribution is 0.134. The Kier molecular flexibility index (Phi) is 9.73. The lowest BCUT2D eigenvalue weighted by atomic mass is 10.3. The molecule has 1 aromatic carbocycles. The molecule has 0 spiro atoms. The summed E-state index contributed by atoms with van der Waals surface area (Å²) in [7, 11) is -0.0249. The fourth-order valence-corrected chi connectivity index (χ4v) is 3.04. The smallest absolute Gasteiger partial charge is 0.412 e. The summed E-state index contributed by atoms with van der Waals surface area (Å²) in [4.78, 5) is 24.2. The third-order valence-corrected chi connectivity index (χ3v) is 4.73. The van der Waals surface area contributed by atoms with Crippen LogP contribution in [0.5, 0.6) is 23.1 Å². The summed E-state index contributed by atoms with van der Waals surface area (Å²) < 4.78 is 52.8. The van der Waals surface area contributed by atoms with Crippen LogP contribution >= 0.6 is 11.6 Å². The molecule has 2 heterocycles. The molecule has 36 heavy (non-hydrogen) atoms. The van der Waals surface area contributed by atoms with Crippen molar-refractivity contribution in [2.75, 3.05) is 32.8 Å². The largest absolute Gasteiger partial charge is 0.497 e. The van der Waals surface area contributed by atoms with Crippen LogP contribution in [0.15, 0.2) is 47.0 Å². The molecule has 0 aliphatic heterocycles. The molecule has 0 saturated heterocycles. The minimum Gasteiger partial charge on any atom is -0.497 e. The van der Waals surface area contributed by atoms with Crippen LogP contribution in [0.3, 0.4) is 0 Å². The monoisotopic (exact) mass is 537 g/mol. The fourth-order valence-electron chi connectivity index (χ4n) is 2.62. The lowest BCUT2D eigenvalue weighted by Gasteiger charge is -2.15. The topological polar surface area (TPSA) is 160 Å². The molecule has 2 aromatic heterocycles. The van der Waals surface area contributed by atoms with Crippen molar-refractivity contribution in [3.8, 4) is 23.1 Å². The molecular weight excluding hydrogens is 518 g/mol. The average molecular weight is 538 g/mol. The highest BCUT2D eigenvalue weighted by Crippen LogP contribution is 2.41. The Morgan fingerprint density at radius 2 is 1.97 bits per heavy atom. The zero-order valence-corrected chi connectivity index (χ0v) is 20.6. The standard InChI is InChI=1S/C21H20ClN5O8S/c1-31-12-17-24-19(27-36(29)30)18(35-15-11-13(32-2)6-7-14(15)22)20(25-17)33-9-10-34-21(28)26-16-5-3-4-8-23-16/h3-8,11H,9-10,12H2,1-2H3,(H,23,26,28). The molecule has 0 aliphatic rings. The van der Waals surface area contributed by atoms with E-state index in [1.165, 1.54) is 32.5 Å². The Hall–Kier alpha value is -4.01. The SMILES string of the molecule is COCc1nc(N=S(=O)=O)c(Oc2cc(OC)ccc2Cl)c(OCCOC(=O)Nc2ccccn2)n1. The van der Waals surface area contributed by atoms with Gasteiger partial charge in [-0.25, -0.2) is 14.8 Å². The van der Waals surface area contributed by atoms with Crippen molar-refractivity contribution >= 4 is 39.8 Å². The molecule has 1 amide bonds. The quantitative estimate of drug-likeness (QED) is 0.354. The Labute approximate surface area is 212 Å². The van der Waals surface area contributed by atoms with Crippen LogP contribution in [-0.2, 0) is 26.6 Å². The first-order valence-electron chi connectivity index (χ1n) is 10.1. The molecule has 190 valence electrons. The zero-order chi connectivity index (χ0) is 25.9. The van der Waals surface area contributed by atoms with E-state index in [4.69, 9.17) is 35.3 Å². The number of ether oxygens (including phenoxy) is 5. The van der Waals surface area contributed by atoms with Gasteiger partial charge in [-0.3, -0.25) is 5.32 Å². The number of hydrogen-bond donors (Lipinski definition) is 1. The van der Waals surface area contributed by atoms with E-state index >= 15 is 0 Å². The van der Waals surface area contributed by atoms with Gasteiger partial charge in [-0.2, -0.15) is 13.4 Å². The number of rotatable bonds is 11. The first-order chi connectivity index (χ1) is 17.4. The molecule has 13 nitrogen and oxygen atoms in total. The van der Waals surface area contributed by atoms with Crippen LogP contribution in [0.4, 0.5) is 16.4 Å². The van der Waals surface area contributed by atoms with Crippen LogP contribution < -0.4 is 19.5 Å². The maximum absolute atomic E-state index is 11.9. The third kappa shape index (κ3) is 7.76. The number of pyridine rings is 1. The number of carbonyl (C=O) groups excluding carboxylic acids is 1. The zero-order valence-electron chi connectivity index (χ0n) is 19.0. The number of amides is 1. The van der Waals surface area contributed by atoms with Crippen molar-refractivity contribution in [2.24, 2.45) is 4.36 Å². The first-order valence-corrected chi connectivity index (χ1v) is 11.5.